The Kier molecular flexibility index (Phi) is 5.88. The summed E-state index contributed by atoms with van der Waals surface area (Å²) in [5.41, 5.74) is 1.36. The average molecular weight is 463 g/mol. The summed E-state index contributed by atoms with van der Waals surface area (Å²) in [5, 5.41) is 14.4. The third kappa shape index (κ3) is 4.58. The van der Waals surface area contributed by atoms with Gasteiger partial charge in [0.2, 0.25) is 5.91 Å². The van der Waals surface area contributed by atoms with E-state index in [4.69, 9.17) is 0 Å². The maximum absolute atomic E-state index is 12.6. The van der Waals surface area contributed by atoms with Crippen LogP contribution in [0.15, 0.2) is 58.6 Å². The summed E-state index contributed by atoms with van der Waals surface area (Å²) in [6, 6.07) is 12.6. The zero-order chi connectivity index (χ0) is 23.7. The van der Waals surface area contributed by atoms with Crippen molar-refractivity contribution in [2.45, 2.75) is 23.9 Å². The van der Waals surface area contributed by atoms with Crippen molar-refractivity contribution in [1.29, 1.82) is 0 Å². The predicted molar refractivity (Wildman–Crippen MR) is 119 cm³/mol. The topological polar surface area (TPSA) is 135 Å². The molecule has 166 valence electrons. The molecule has 0 saturated carbocycles. The van der Waals surface area contributed by atoms with Crippen LogP contribution in [0.5, 0.6) is 0 Å². The van der Waals surface area contributed by atoms with Gasteiger partial charge in [0.15, 0.2) is 5.16 Å². The van der Waals surface area contributed by atoms with Crippen molar-refractivity contribution < 1.29 is 19.3 Å². The number of hydrogen-bond donors (Lipinski definition) is 1. The van der Waals surface area contributed by atoms with Crippen LogP contribution in [0, 0.1) is 24.0 Å². The van der Waals surface area contributed by atoms with Crippen molar-refractivity contribution in [3.63, 3.8) is 0 Å². The normalized spacial score (nSPS) is 12.6. The lowest BCUT2D eigenvalue weighted by Crippen LogP contribution is -2.37. The lowest BCUT2D eigenvalue weighted by atomic mass is 10.1. The highest BCUT2D eigenvalue weighted by Crippen LogP contribution is 2.31. The molecule has 0 fully saturated rings. The number of aryl methyl sites for hydroxylation is 2. The number of benzene rings is 2. The number of nitrogens with one attached hydrogen (secondary N) is 1. The van der Waals surface area contributed by atoms with E-state index < -0.39 is 34.9 Å². The minimum Gasteiger partial charge on any atom is -0.325 e. The van der Waals surface area contributed by atoms with Crippen LogP contribution in [0.3, 0.4) is 0 Å². The number of nitrogens with zero attached hydrogens (tertiary/aromatic N) is 4. The van der Waals surface area contributed by atoms with E-state index in [1.54, 1.807) is 24.3 Å². The molecule has 0 atom stereocenters. The van der Waals surface area contributed by atoms with Crippen LogP contribution in [-0.2, 0) is 4.79 Å². The highest BCUT2D eigenvalue weighted by Gasteiger charge is 2.41. The molecule has 2 aromatic carbocycles. The first-order valence-corrected chi connectivity index (χ1v) is 10.6. The van der Waals surface area contributed by atoms with Crippen molar-refractivity contribution in [3.05, 3.63) is 81.2 Å². The summed E-state index contributed by atoms with van der Waals surface area (Å²) in [6.07, 6.45) is 0. The van der Waals surface area contributed by atoms with Crippen molar-refractivity contribution in [2.75, 3.05) is 11.9 Å². The molecule has 1 aliphatic rings. The van der Waals surface area contributed by atoms with Gasteiger partial charge in [-0.1, -0.05) is 6.07 Å². The quantitative estimate of drug-likeness (QED) is 0.254. The van der Waals surface area contributed by atoms with Crippen molar-refractivity contribution >= 4 is 40.9 Å². The minimum absolute atomic E-state index is 0.0861. The van der Waals surface area contributed by atoms with Gasteiger partial charge >= 0.3 is 0 Å². The average Bonchev–Trinajstić information content (AvgIpc) is 2.99. The lowest BCUT2D eigenvalue weighted by molar-refractivity contribution is -0.385. The van der Waals surface area contributed by atoms with Gasteiger partial charge in [-0.15, -0.1) is 0 Å². The lowest BCUT2D eigenvalue weighted by Gasteiger charge is -2.13. The van der Waals surface area contributed by atoms with Crippen LogP contribution in [0.1, 0.15) is 32.1 Å². The summed E-state index contributed by atoms with van der Waals surface area (Å²) in [5.74, 6) is -2.21. The smallest absolute Gasteiger partial charge is 0.282 e. The number of nitro benzene ring substituents is 1. The molecule has 10 nitrogen and oxygen atoms in total. The zero-order valence-electron chi connectivity index (χ0n) is 17.6. The van der Waals surface area contributed by atoms with Gasteiger partial charge < -0.3 is 5.32 Å². The summed E-state index contributed by atoms with van der Waals surface area (Å²) >= 11 is 1.38. The van der Waals surface area contributed by atoms with Crippen LogP contribution < -0.4 is 5.32 Å². The number of amides is 3. The van der Waals surface area contributed by atoms with Crippen LogP contribution in [0.25, 0.3) is 0 Å². The second-order valence-electron chi connectivity index (χ2n) is 7.26. The van der Waals surface area contributed by atoms with Crippen LogP contribution in [0.2, 0.25) is 0 Å². The number of imide groups is 1. The van der Waals surface area contributed by atoms with Gasteiger partial charge in [0.1, 0.15) is 12.1 Å². The molecule has 1 aromatic heterocycles. The van der Waals surface area contributed by atoms with E-state index in [1.165, 1.54) is 23.9 Å². The SMILES string of the molecule is Cc1cc(C)nc(Sc2ccc(NC(=O)CN3C(=O)c4cccc([N+](=O)[O-])c4C3=O)cc2)n1. The summed E-state index contributed by atoms with van der Waals surface area (Å²) < 4.78 is 0. The van der Waals surface area contributed by atoms with E-state index in [-0.39, 0.29) is 11.1 Å². The molecule has 1 aliphatic heterocycles. The highest BCUT2D eigenvalue weighted by atomic mass is 32.2. The van der Waals surface area contributed by atoms with E-state index in [2.05, 4.69) is 15.3 Å². The number of carbonyl (C=O) groups is 3. The number of fused-ring (bicyclic) bond motifs is 1. The largest absolute Gasteiger partial charge is 0.325 e. The number of nitro groups is 1. The molecule has 0 saturated heterocycles. The van der Waals surface area contributed by atoms with Crippen molar-refractivity contribution in [2.24, 2.45) is 0 Å². The molecule has 0 spiro atoms. The second-order valence-corrected chi connectivity index (χ2v) is 8.30. The molecule has 3 aromatic rings. The molecule has 11 heteroatoms. The maximum atomic E-state index is 12.6. The Hall–Kier alpha value is -4.12. The predicted octanol–water partition coefficient (Wildman–Crippen LogP) is 3.39. The fraction of sp³-hybridized carbons (Fsp3) is 0.136. The fourth-order valence-electron chi connectivity index (χ4n) is 3.41. The molecule has 0 radical (unpaired) electrons. The summed E-state index contributed by atoms with van der Waals surface area (Å²) in [4.78, 5) is 58.4. The Labute approximate surface area is 192 Å². The molecular formula is C22H17N5O5S. The van der Waals surface area contributed by atoms with Gasteiger partial charge in [-0.3, -0.25) is 29.4 Å². The molecule has 3 amide bonds. The number of hydrogen-bond acceptors (Lipinski definition) is 8. The Morgan fingerprint density at radius 2 is 1.73 bits per heavy atom. The van der Waals surface area contributed by atoms with E-state index in [0.29, 0.717) is 15.7 Å². The molecule has 0 bridgehead atoms. The summed E-state index contributed by atoms with van der Waals surface area (Å²) in [6.45, 7) is 3.23. The Morgan fingerprint density at radius 1 is 1.06 bits per heavy atom. The second kappa shape index (κ2) is 8.79. The van der Waals surface area contributed by atoms with Gasteiger partial charge in [0.25, 0.3) is 17.5 Å². The first kappa shape index (κ1) is 22.1. The number of aromatic nitrogens is 2. The Bertz CT molecular complexity index is 1290. The van der Waals surface area contributed by atoms with Crippen LogP contribution in [0.4, 0.5) is 11.4 Å². The van der Waals surface area contributed by atoms with Gasteiger partial charge in [0, 0.05) is 28.0 Å². The maximum Gasteiger partial charge on any atom is 0.282 e. The molecule has 33 heavy (non-hydrogen) atoms. The Morgan fingerprint density at radius 3 is 2.36 bits per heavy atom. The molecule has 0 unspecified atom stereocenters. The molecule has 0 aliphatic carbocycles. The highest BCUT2D eigenvalue weighted by molar-refractivity contribution is 7.99. The van der Waals surface area contributed by atoms with Crippen LogP contribution in [-0.4, -0.2) is 44.1 Å². The van der Waals surface area contributed by atoms with Crippen molar-refractivity contribution in [1.82, 2.24) is 14.9 Å². The van der Waals surface area contributed by atoms with E-state index >= 15 is 0 Å². The van der Waals surface area contributed by atoms with E-state index in [9.17, 15) is 24.5 Å². The monoisotopic (exact) mass is 463 g/mol. The van der Waals surface area contributed by atoms with E-state index in [0.717, 1.165) is 22.3 Å². The third-order valence-electron chi connectivity index (χ3n) is 4.78. The van der Waals surface area contributed by atoms with Gasteiger partial charge in [-0.2, -0.15) is 0 Å². The number of anilines is 1. The molecule has 1 N–H and O–H groups in total. The molecule has 4 rings (SSSR count). The number of rotatable bonds is 6. The fourth-order valence-corrected chi connectivity index (χ4v) is 4.27. The first-order valence-electron chi connectivity index (χ1n) is 9.76. The number of carbonyl (C=O) groups excluding carboxylic acids is 3. The molecular weight excluding hydrogens is 446 g/mol. The Balaban J connectivity index is 1.42. The van der Waals surface area contributed by atoms with Gasteiger partial charge in [0.05, 0.1) is 10.5 Å². The standard InChI is InChI=1S/C22H17N5O5S/c1-12-10-13(2)24-22(23-12)33-15-8-6-14(7-9-15)25-18(28)11-26-20(29)16-4-3-5-17(27(31)32)19(16)21(26)30/h3-10H,11H2,1-2H3,(H,25,28). The minimum atomic E-state index is -0.863. The third-order valence-corrected chi connectivity index (χ3v) is 5.66. The van der Waals surface area contributed by atoms with Crippen LogP contribution >= 0.6 is 11.8 Å². The van der Waals surface area contributed by atoms with E-state index in [1.807, 2.05) is 19.9 Å². The van der Waals surface area contributed by atoms with Gasteiger partial charge in [-0.05, 0) is 62.0 Å². The zero-order valence-corrected chi connectivity index (χ0v) is 18.4. The van der Waals surface area contributed by atoms with Gasteiger partial charge in [-0.25, -0.2) is 9.97 Å². The molecule has 2 heterocycles. The van der Waals surface area contributed by atoms with Crippen molar-refractivity contribution in [3.8, 4) is 0 Å². The summed E-state index contributed by atoms with van der Waals surface area (Å²) in [7, 11) is 0. The first-order chi connectivity index (χ1) is 15.7.